The van der Waals surface area contributed by atoms with E-state index in [4.69, 9.17) is 10.5 Å². The van der Waals surface area contributed by atoms with Gasteiger partial charge in [-0.25, -0.2) is 9.97 Å². The van der Waals surface area contributed by atoms with Crippen LogP contribution in [0.4, 0.5) is 11.5 Å². The van der Waals surface area contributed by atoms with Gasteiger partial charge in [0.2, 0.25) is 0 Å². The van der Waals surface area contributed by atoms with Crippen molar-refractivity contribution in [1.29, 1.82) is 0 Å². The summed E-state index contributed by atoms with van der Waals surface area (Å²) in [6, 6.07) is 21.1. The third-order valence-corrected chi connectivity index (χ3v) is 7.70. The summed E-state index contributed by atoms with van der Waals surface area (Å²) in [5.74, 6) is 2.35. The summed E-state index contributed by atoms with van der Waals surface area (Å²) in [6.07, 6.45) is 3.90. The highest BCUT2D eigenvalue weighted by Crippen LogP contribution is 2.32. The Hall–Kier alpha value is -4.76. The molecule has 0 aliphatic carbocycles. The smallest absolute Gasteiger partial charge is 0.255 e. The lowest BCUT2D eigenvalue weighted by atomic mass is 9.99. The molecule has 9 nitrogen and oxygen atoms in total. The zero-order chi connectivity index (χ0) is 28.3. The van der Waals surface area contributed by atoms with Crippen molar-refractivity contribution >= 4 is 28.4 Å². The van der Waals surface area contributed by atoms with Crippen molar-refractivity contribution in [3.05, 3.63) is 89.7 Å². The lowest BCUT2D eigenvalue weighted by Crippen LogP contribution is -2.32. The number of nitrogens with two attached hydrogens (primary N) is 1. The number of rotatable bonds is 7. The molecular weight excluding hydrogens is 514 g/mol. The van der Waals surface area contributed by atoms with E-state index in [1.807, 2.05) is 73.7 Å². The number of aryl methyl sites for hydroxylation is 1. The fraction of sp³-hybridized carbons (Fsp3) is 0.250. The molecule has 3 aromatic carbocycles. The maximum absolute atomic E-state index is 13.0. The Morgan fingerprint density at radius 3 is 2.56 bits per heavy atom. The van der Waals surface area contributed by atoms with Gasteiger partial charge in [0.25, 0.3) is 5.91 Å². The SMILES string of the molecule is Cc1ccc(NC(=O)c2ccc(CN3CCC(C)CC3)cc2)cc1Oc1ccc(-c2[nH]nc3ncnc(N)c23)cc1. The fourth-order valence-electron chi connectivity index (χ4n) is 5.14. The molecule has 6 rings (SSSR count). The predicted octanol–water partition coefficient (Wildman–Crippen LogP) is 6.19. The zero-order valence-electron chi connectivity index (χ0n) is 23.2. The van der Waals surface area contributed by atoms with E-state index in [1.54, 1.807) is 0 Å². The molecular formula is C32H33N7O2. The number of amides is 1. The quantitative estimate of drug-likeness (QED) is 0.222. The normalized spacial score (nSPS) is 14.3. The molecule has 9 heteroatoms. The second-order valence-electron chi connectivity index (χ2n) is 10.8. The number of benzene rings is 3. The molecule has 0 bridgehead atoms. The van der Waals surface area contributed by atoms with Crippen LogP contribution >= 0.6 is 0 Å². The minimum Gasteiger partial charge on any atom is -0.457 e. The van der Waals surface area contributed by atoms with Gasteiger partial charge in [0.05, 0.1) is 11.1 Å². The van der Waals surface area contributed by atoms with Gasteiger partial charge in [0.1, 0.15) is 23.6 Å². The van der Waals surface area contributed by atoms with Crippen molar-refractivity contribution in [2.75, 3.05) is 24.1 Å². The minimum absolute atomic E-state index is 0.155. The van der Waals surface area contributed by atoms with Gasteiger partial charge >= 0.3 is 0 Å². The molecule has 208 valence electrons. The molecule has 1 saturated heterocycles. The topological polar surface area (TPSA) is 122 Å². The van der Waals surface area contributed by atoms with Crippen LogP contribution in [-0.4, -0.2) is 44.1 Å². The number of nitrogens with one attached hydrogen (secondary N) is 2. The first kappa shape index (κ1) is 26.5. The largest absolute Gasteiger partial charge is 0.457 e. The average Bonchev–Trinajstić information content (AvgIpc) is 3.42. The van der Waals surface area contributed by atoms with E-state index < -0.39 is 0 Å². The molecule has 1 aliphatic rings. The standard InChI is InChI=1S/C32H33N7O2/c1-20-13-15-39(16-14-20)18-22-4-6-24(7-5-22)32(40)36-25-10-3-21(2)27(17-25)41-26-11-8-23(9-12-26)29-28-30(33)34-19-35-31(28)38-37-29/h3-12,17,19-20H,13-16,18H2,1-2H3,(H,36,40)(H3,33,34,35,37,38). The Bertz CT molecular complexity index is 1670. The number of carbonyl (C=O) groups excluding carboxylic acids is 1. The number of hydrogen-bond donors (Lipinski definition) is 3. The molecule has 0 unspecified atom stereocenters. The number of H-pyrrole nitrogens is 1. The molecule has 1 amide bonds. The number of nitrogens with zero attached hydrogens (tertiary/aromatic N) is 4. The average molecular weight is 548 g/mol. The first-order valence-electron chi connectivity index (χ1n) is 13.9. The summed E-state index contributed by atoms with van der Waals surface area (Å²) in [7, 11) is 0. The molecule has 0 saturated carbocycles. The first-order chi connectivity index (χ1) is 19.9. The lowest BCUT2D eigenvalue weighted by Gasteiger charge is -2.30. The van der Waals surface area contributed by atoms with E-state index in [2.05, 4.69) is 37.3 Å². The summed E-state index contributed by atoms with van der Waals surface area (Å²) in [4.78, 5) is 23.7. The van der Waals surface area contributed by atoms with Gasteiger partial charge in [0.15, 0.2) is 5.65 Å². The van der Waals surface area contributed by atoms with E-state index in [0.717, 1.165) is 42.4 Å². The number of nitrogen functional groups attached to an aromatic ring is 1. The summed E-state index contributed by atoms with van der Waals surface area (Å²) < 4.78 is 6.18. The van der Waals surface area contributed by atoms with Crippen molar-refractivity contribution < 1.29 is 9.53 Å². The van der Waals surface area contributed by atoms with Crippen LogP contribution in [0.3, 0.4) is 0 Å². The number of piperidine rings is 1. The molecule has 2 aromatic heterocycles. The molecule has 3 heterocycles. The maximum Gasteiger partial charge on any atom is 0.255 e. The van der Waals surface area contributed by atoms with Gasteiger partial charge in [-0.05, 0) is 92.4 Å². The van der Waals surface area contributed by atoms with Gasteiger partial charge in [-0.3, -0.25) is 14.8 Å². The Morgan fingerprint density at radius 2 is 1.80 bits per heavy atom. The van der Waals surface area contributed by atoms with Crippen molar-refractivity contribution in [2.24, 2.45) is 5.92 Å². The first-order valence-corrected chi connectivity index (χ1v) is 13.9. The van der Waals surface area contributed by atoms with Crippen molar-refractivity contribution in [1.82, 2.24) is 25.1 Å². The van der Waals surface area contributed by atoms with Crippen LogP contribution in [0.25, 0.3) is 22.3 Å². The van der Waals surface area contributed by atoms with Gasteiger partial charge in [-0.15, -0.1) is 0 Å². The zero-order valence-corrected chi connectivity index (χ0v) is 23.2. The van der Waals surface area contributed by atoms with Crippen LogP contribution in [0.1, 0.15) is 41.3 Å². The minimum atomic E-state index is -0.155. The van der Waals surface area contributed by atoms with E-state index in [1.165, 1.54) is 24.7 Å². The number of aromatic nitrogens is 4. The summed E-state index contributed by atoms with van der Waals surface area (Å²) in [5.41, 5.74) is 11.7. The highest BCUT2D eigenvalue weighted by molar-refractivity contribution is 6.04. The molecule has 0 spiro atoms. The number of anilines is 2. The van der Waals surface area contributed by atoms with Crippen LogP contribution in [0.2, 0.25) is 0 Å². The highest BCUT2D eigenvalue weighted by Gasteiger charge is 2.16. The van der Waals surface area contributed by atoms with Gasteiger partial charge in [-0.1, -0.05) is 25.1 Å². The maximum atomic E-state index is 13.0. The third-order valence-electron chi connectivity index (χ3n) is 7.70. The summed E-state index contributed by atoms with van der Waals surface area (Å²) in [5, 5.41) is 10.9. The van der Waals surface area contributed by atoms with E-state index in [-0.39, 0.29) is 5.91 Å². The molecule has 41 heavy (non-hydrogen) atoms. The number of carbonyl (C=O) groups is 1. The molecule has 4 N–H and O–H groups in total. The van der Waals surface area contributed by atoms with E-state index in [9.17, 15) is 4.79 Å². The highest BCUT2D eigenvalue weighted by atomic mass is 16.5. The molecule has 1 aliphatic heterocycles. The second-order valence-corrected chi connectivity index (χ2v) is 10.8. The molecule has 5 aromatic rings. The van der Waals surface area contributed by atoms with Crippen LogP contribution in [-0.2, 0) is 6.54 Å². The Balaban J connectivity index is 1.11. The van der Waals surface area contributed by atoms with Crippen molar-refractivity contribution in [2.45, 2.75) is 33.2 Å². The van der Waals surface area contributed by atoms with E-state index >= 15 is 0 Å². The van der Waals surface area contributed by atoms with E-state index in [0.29, 0.717) is 39.6 Å². The molecule has 1 fully saturated rings. The van der Waals surface area contributed by atoms with Gasteiger partial charge in [-0.2, -0.15) is 5.10 Å². The Labute approximate surface area is 238 Å². The van der Waals surface area contributed by atoms with Gasteiger partial charge in [0, 0.05) is 29.4 Å². The number of ether oxygens (including phenoxy) is 1. The number of likely N-dealkylation sites (tertiary alicyclic amines) is 1. The van der Waals surface area contributed by atoms with Gasteiger partial charge < -0.3 is 15.8 Å². The van der Waals surface area contributed by atoms with Crippen molar-refractivity contribution in [3.8, 4) is 22.8 Å². The molecule has 0 radical (unpaired) electrons. The monoisotopic (exact) mass is 547 g/mol. The van der Waals surface area contributed by atoms with Crippen LogP contribution < -0.4 is 15.8 Å². The van der Waals surface area contributed by atoms with Crippen molar-refractivity contribution in [3.63, 3.8) is 0 Å². The van der Waals surface area contributed by atoms with Crippen LogP contribution in [0.15, 0.2) is 73.1 Å². The number of aromatic amines is 1. The third kappa shape index (κ3) is 5.90. The second kappa shape index (κ2) is 11.4. The number of hydrogen-bond acceptors (Lipinski definition) is 7. The molecule has 0 atom stereocenters. The Kier molecular flexibility index (Phi) is 7.35. The summed E-state index contributed by atoms with van der Waals surface area (Å²) in [6.45, 7) is 7.49. The Morgan fingerprint density at radius 1 is 1.05 bits per heavy atom. The lowest BCUT2D eigenvalue weighted by molar-refractivity contribution is 0.102. The van der Waals surface area contributed by atoms with Crippen LogP contribution in [0.5, 0.6) is 11.5 Å². The number of fused-ring (bicyclic) bond motifs is 1. The fourth-order valence-corrected chi connectivity index (χ4v) is 5.14. The summed E-state index contributed by atoms with van der Waals surface area (Å²) >= 11 is 0. The van der Waals surface area contributed by atoms with Crippen LogP contribution in [0, 0.1) is 12.8 Å². The predicted molar refractivity (Wildman–Crippen MR) is 161 cm³/mol.